The molecular formula is C21H20BrClN2O4. The van der Waals surface area contributed by atoms with Gasteiger partial charge in [-0.3, -0.25) is 14.4 Å². The van der Waals surface area contributed by atoms with Gasteiger partial charge in [-0.05, 0) is 36.2 Å². The maximum Gasteiger partial charge on any atom is 0.311 e. The minimum atomic E-state index is -0.600. The van der Waals surface area contributed by atoms with Gasteiger partial charge in [-0.1, -0.05) is 52.7 Å². The fourth-order valence-electron chi connectivity index (χ4n) is 3.20. The molecular weight excluding hydrogens is 460 g/mol. The molecule has 0 saturated carbocycles. The molecule has 1 saturated heterocycles. The summed E-state index contributed by atoms with van der Waals surface area (Å²) in [6.45, 7) is 1.82. The maximum atomic E-state index is 12.4. The Bertz CT molecular complexity index is 950. The molecule has 3 rings (SSSR count). The molecule has 152 valence electrons. The predicted octanol–water partition coefficient (Wildman–Crippen LogP) is 4.20. The smallest absolute Gasteiger partial charge is 0.311 e. The number of anilines is 2. The van der Waals surface area contributed by atoms with Crippen LogP contribution >= 0.6 is 27.5 Å². The number of carbonyl (C=O) groups is 3. The molecule has 2 aromatic carbocycles. The van der Waals surface area contributed by atoms with Crippen LogP contribution < -0.4 is 10.2 Å². The second kappa shape index (κ2) is 9.41. The van der Waals surface area contributed by atoms with E-state index in [4.69, 9.17) is 16.3 Å². The maximum absolute atomic E-state index is 12.4. The van der Waals surface area contributed by atoms with Gasteiger partial charge in [-0.2, -0.15) is 0 Å². The van der Waals surface area contributed by atoms with Crippen molar-refractivity contribution in [3.05, 3.63) is 57.5 Å². The largest absolute Gasteiger partial charge is 0.455 e. The summed E-state index contributed by atoms with van der Waals surface area (Å²) in [6, 6.07) is 12.7. The van der Waals surface area contributed by atoms with Crippen molar-refractivity contribution in [3.63, 3.8) is 0 Å². The summed E-state index contributed by atoms with van der Waals surface area (Å²) in [4.78, 5) is 38.5. The molecule has 0 bridgehead atoms. The zero-order valence-corrected chi connectivity index (χ0v) is 18.1. The van der Waals surface area contributed by atoms with Crippen LogP contribution in [0.3, 0.4) is 0 Å². The van der Waals surface area contributed by atoms with Gasteiger partial charge in [0.2, 0.25) is 5.91 Å². The number of esters is 1. The van der Waals surface area contributed by atoms with Gasteiger partial charge in [0.1, 0.15) is 0 Å². The number of nitrogens with zero attached hydrogens (tertiary/aromatic N) is 1. The molecule has 8 heteroatoms. The normalized spacial score (nSPS) is 16.0. The molecule has 1 N–H and O–H groups in total. The predicted molar refractivity (Wildman–Crippen MR) is 115 cm³/mol. The Morgan fingerprint density at radius 1 is 1.28 bits per heavy atom. The van der Waals surface area contributed by atoms with E-state index in [-0.39, 0.29) is 18.9 Å². The molecule has 0 radical (unpaired) electrons. The highest BCUT2D eigenvalue weighted by atomic mass is 79.9. The third kappa shape index (κ3) is 5.16. The van der Waals surface area contributed by atoms with E-state index in [1.165, 1.54) is 0 Å². The van der Waals surface area contributed by atoms with Gasteiger partial charge in [-0.25, -0.2) is 0 Å². The number of rotatable bonds is 6. The minimum Gasteiger partial charge on any atom is -0.455 e. The van der Waals surface area contributed by atoms with E-state index in [1.807, 2.05) is 31.2 Å². The third-order valence-corrected chi connectivity index (χ3v) is 5.48. The fraction of sp³-hybridized carbons (Fsp3) is 0.286. The lowest BCUT2D eigenvalue weighted by Crippen LogP contribution is -2.28. The Morgan fingerprint density at radius 2 is 2.03 bits per heavy atom. The molecule has 2 aromatic rings. The van der Waals surface area contributed by atoms with Crippen LogP contribution in [0.15, 0.2) is 46.9 Å². The van der Waals surface area contributed by atoms with Crippen LogP contribution in [0.2, 0.25) is 5.02 Å². The van der Waals surface area contributed by atoms with Crippen molar-refractivity contribution in [1.82, 2.24) is 0 Å². The second-order valence-electron chi connectivity index (χ2n) is 6.67. The zero-order valence-electron chi connectivity index (χ0n) is 15.8. The van der Waals surface area contributed by atoms with Crippen LogP contribution in [0.5, 0.6) is 0 Å². The first-order chi connectivity index (χ1) is 13.9. The number of amides is 2. The number of benzene rings is 2. The van der Waals surface area contributed by atoms with Crippen LogP contribution in [0, 0.1) is 5.92 Å². The van der Waals surface area contributed by atoms with Crippen molar-refractivity contribution in [3.8, 4) is 0 Å². The molecule has 0 aliphatic carbocycles. The molecule has 1 aliphatic heterocycles. The molecule has 6 nitrogen and oxygen atoms in total. The van der Waals surface area contributed by atoms with Gasteiger partial charge >= 0.3 is 5.97 Å². The van der Waals surface area contributed by atoms with E-state index in [0.29, 0.717) is 10.7 Å². The standard InChI is InChI=1S/C21H20BrClN2O4/c1-2-13-5-3-4-6-18(13)25-11-14(9-20(25)27)21(28)29-12-19(26)24-17-8-7-15(22)10-16(17)23/h3-8,10,14H,2,9,11-12H2,1H3,(H,24,26)/t14-/m0/s1. The SMILES string of the molecule is CCc1ccccc1N1C[C@@H](C(=O)OCC(=O)Nc2ccc(Br)cc2Cl)CC1=O. The first-order valence-corrected chi connectivity index (χ1v) is 10.4. The average Bonchev–Trinajstić information content (AvgIpc) is 3.09. The first-order valence-electron chi connectivity index (χ1n) is 9.18. The van der Waals surface area contributed by atoms with E-state index >= 15 is 0 Å². The van der Waals surface area contributed by atoms with Crippen molar-refractivity contribution in [2.75, 3.05) is 23.4 Å². The van der Waals surface area contributed by atoms with Crippen LogP contribution in [-0.4, -0.2) is 30.9 Å². The Hall–Kier alpha value is -2.38. The number of aryl methyl sites for hydroxylation is 1. The van der Waals surface area contributed by atoms with Gasteiger partial charge in [0.25, 0.3) is 5.91 Å². The number of para-hydroxylation sites is 1. The van der Waals surface area contributed by atoms with Crippen LogP contribution in [0.4, 0.5) is 11.4 Å². The number of halogens is 2. The minimum absolute atomic E-state index is 0.0665. The molecule has 29 heavy (non-hydrogen) atoms. The van der Waals surface area contributed by atoms with Crippen molar-refractivity contribution in [2.24, 2.45) is 5.92 Å². The van der Waals surface area contributed by atoms with Gasteiger partial charge in [-0.15, -0.1) is 0 Å². The topological polar surface area (TPSA) is 75.7 Å². The summed E-state index contributed by atoms with van der Waals surface area (Å²) in [7, 11) is 0. The monoisotopic (exact) mass is 478 g/mol. The molecule has 0 aromatic heterocycles. The Morgan fingerprint density at radius 3 is 2.76 bits per heavy atom. The zero-order chi connectivity index (χ0) is 21.0. The van der Waals surface area contributed by atoms with E-state index in [2.05, 4.69) is 21.2 Å². The first kappa shape index (κ1) is 21.3. The average molecular weight is 480 g/mol. The summed E-state index contributed by atoms with van der Waals surface area (Å²) >= 11 is 9.35. The van der Waals surface area contributed by atoms with E-state index in [9.17, 15) is 14.4 Å². The lowest BCUT2D eigenvalue weighted by Gasteiger charge is -2.19. The van der Waals surface area contributed by atoms with Gasteiger partial charge in [0.15, 0.2) is 6.61 Å². The third-order valence-electron chi connectivity index (χ3n) is 4.67. The van der Waals surface area contributed by atoms with Crippen LogP contribution in [0.1, 0.15) is 18.9 Å². The van der Waals surface area contributed by atoms with Gasteiger partial charge in [0.05, 0.1) is 16.6 Å². The molecule has 1 aliphatic rings. The van der Waals surface area contributed by atoms with E-state index < -0.39 is 24.4 Å². The number of ether oxygens (including phenoxy) is 1. The van der Waals surface area contributed by atoms with Crippen LogP contribution in [-0.2, 0) is 25.5 Å². The number of hydrogen-bond donors (Lipinski definition) is 1. The van der Waals surface area contributed by atoms with Crippen molar-refractivity contribution in [1.29, 1.82) is 0 Å². The lowest BCUT2D eigenvalue weighted by molar-refractivity contribution is -0.151. The summed E-state index contributed by atoms with van der Waals surface area (Å²) < 4.78 is 5.91. The molecule has 0 spiro atoms. The molecule has 1 fully saturated rings. The Labute approximate surface area is 182 Å². The molecule has 2 amide bonds. The summed E-state index contributed by atoms with van der Waals surface area (Å²) in [5, 5.41) is 2.96. The number of hydrogen-bond acceptors (Lipinski definition) is 4. The lowest BCUT2D eigenvalue weighted by atomic mass is 10.1. The van der Waals surface area contributed by atoms with E-state index in [1.54, 1.807) is 23.1 Å². The van der Waals surface area contributed by atoms with Crippen molar-refractivity contribution in [2.45, 2.75) is 19.8 Å². The fourth-order valence-corrected chi connectivity index (χ4v) is 3.92. The summed E-state index contributed by atoms with van der Waals surface area (Å²) in [5.74, 6) is -1.79. The highest BCUT2D eigenvalue weighted by molar-refractivity contribution is 9.10. The van der Waals surface area contributed by atoms with Crippen molar-refractivity contribution < 1.29 is 19.1 Å². The van der Waals surface area contributed by atoms with E-state index in [0.717, 1.165) is 22.1 Å². The Balaban J connectivity index is 1.56. The van der Waals surface area contributed by atoms with Gasteiger partial charge in [0, 0.05) is 23.1 Å². The van der Waals surface area contributed by atoms with Gasteiger partial charge < -0.3 is 15.0 Å². The number of nitrogens with one attached hydrogen (secondary N) is 1. The summed E-state index contributed by atoms with van der Waals surface area (Å²) in [6.07, 6.45) is 0.852. The molecule has 1 atom stereocenters. The highest BCUT2D eigenvalue weighted by Crippen LogP contribution is 2.29. The van der Waals surface area contributed by atoms with Crippen molar-refractivity contribution >= 4 is 56.7 Å². The number of carbonyl (C=O) groups excluding carboxylic acids is 3. The highest BCUT2D eigenvalue weighted by Gasteiger charge is 2.37. The van der Waals surface area contributed by atoms with Crippen LogP contribution in [0.25, 0.3) is 0 Å². The second-order valence-corrected chi connectivity index (χ2v) is 7.99. The molecule has 1 heterocycles. The summed E-state index contributed by atoms with van der Waals surface area (Å²) in [5.41, 5.74) is 2.29. The Kier molecular flexibility index (Phi) is 6.92. The quantitative estimate of drug-likeness (QED) is 0.630. The molecule has 0 unspecified atom stereocenters.